The second-order valence-corrected chi connectivity index (χ2v) is 3.91. The van der Waals surface area contributed by atoms with E-state index in [9.17, 15) is 14.0 Å². The zero-order chi connectivity index (χ0) is 11.5. The van der Waals surface area contributed by atoms with Crippen molar-refractivity contribution in [2.24, 2.45) is 5.92 Å². The fourth-order valence-electron chi connectivity index (χ4n) is 1.89. The smallest absolute Gasteiger partial charge is 0.234 e. The normalized spacial score (nSPS) is 19.8. The number of nitrogens with one attached hydrogen (secondary N) is 1. The molecule has 1 aromatic rings. The number of anilines is 1. The molecule has 4 heteroatoms. The minimum absolute atomic E-state index is 0.0195. The summed E-state index contributed by atoms with van der Waals surface area (Å²) in [6.07, 6.45) is 1.83. The SMILES string of the molecule is O=C1CCCC1C(=O)Nc1cccc(F)c1. The summed E-state index contributed by atoms with van der Waals surface area (Å²) in [6, 6.07) is 5.65. The number of carbonyl (C=O) groups is 2. The van der Waals surface area contributed by atoms with Gasteiger partial charge >= 0.3 is 0 Å². The Morgan fingerprint density at radius 2 is 2.25 bits per heavy atom. The predicted octanol–water partition coefficient (Wildman–Crippen LogP) is 2.13. The molecule has 1 saturated carbocycles. The number of ketones is 1. The molecule has 84 valence electrons. The van der Waals surface area contributed by atoms with Crippen molar-refractivity contribution < 1.29 is 14.0 Å². The van der Waals surface area contributed by atoms with E-state index in [1.54, 1.807) is 6.07 Å². The van der Waals surface area contributed by atoms with Gasteiger partial charge in [0.15, 0.2) is 0 Å². The first-order valence-corrected chi connectivity index (χ1v) is 5.26. The largest absolute Gasteiger partial charge is 0.325 e. The summed E-state index contributed by atoms with van der Waals surface area (Å²) in [5, 5.41) is 2.56. The highest BCUT2D eigenvalue weighted by Crippen LogP contribution is 2.23. The molecule has 0 heterocycles. The van der Waals surface area contributed by atoms with Crippen LogP contribution >= 0.6 is 0 Å². The maximum absolute atomic E-state index is 12.9. The lowest BCUT2D eigenvalue weighted by Crippen LogP contribution is -2.25. The monoisotopic (exact) mass is 221 g/mol. The fraction of sp³-hybridized carbons (Fsp3) is 0.333. The molecule has 1 aromatic carbocycles. The second-order valence-electron chi connectivity index (χ2n) is 3.91. The lowest BCUT2D eigenvalue weighted by Gasteiger charge is -2.09. The van der Waals surface area contributed by atoms with Crippen molar-refractivity contribution in [3.63, 3.8) is 0 Å². The number of Topliss-reactive ketones (excluding diaryl/α,β-unsaturated/α-hetero) is 1. The molecule has 0 saturated heterocycles. The van der Waals surface area contributed by atoms with Gasteiger partial charge in [-0.2, -0.15) is 0 Å². The zero-order valence-corrected chi connectivity index (χ0v) is 8.70. The first kappa shape index (κ1) is 10.8. The first-order chi connectivity index (χ1) is 7.66. The molecule has 2 rings (SSSR count). The van der Waals surface area contributed by atoms with Gasteiger partial charge in [-0.3, -0.25) is 9.59 Å². The summed E-state index contributed by atoms with van der Waals surface area (Å²) in [7, 11) is 0. The molecule has 1 fully saturated rings. The Balaban J connectivity index is 2.04. The van der Waals surface area contributed by atoms with Crippen molar-refractivity contribution in [1.29, 1.82) is 0 Å². The van der Waals surface area contributed by atoms with Crippen LogP contribution in [0.25, 0.3) is 0 Å². The van der Waals surface area contributed by atoms with Gasteiger partial charge in [-0.25, -0.2) is 4.39 Å². The predicted molar refractivity (Wildman–Crippen MR) is 57.4 cm³/mol. The Hall–Kier alpha value is -1.71. The van der Waals surface area contributed by atoms with Crippen LogP contribution in [0, 0.1) is 11.7 Å². The molecule has 16 heavy (non-hydrogen) atoms. The molecule has 0 aliphatic heterocycles. The van der Waals surface area contributed by atoms with Gasteiger partial charge in [0.1, 0.15) is 11.6 Å². The summed E-state index contributed by atoms with van der Waals surface area (Å²) >= 11 is 0. The fourth-order valence-corrected chi connectivity index (χ4v) is 1.89. The quantitative estimate of drug-likeness (QED) is 0.777. The first-order valence-electron chi connectivity index (χ1n) is 5.26. The van der Waals surface area contributed by atoms with Crippen molar-refractivity contribution in [2.75, 3.05) is 5.32 Å². The van der Waals surface area contributed by atoms with Crippen molar-refractivity contribution in [1.82, 2.24) is 0 Å². The third kappa shape index (κ3) is 2.27. The molecule has 0 aromatic heterocycles. The zero-order valence-electron chi connectivity index (χ0n) is 8.70. The number of hydrogen-bond acceptors (Lipinski definition) is 2. The van der Waals surface area contributed by atoms with Crippen molar-refractivity contribution >= 4 is 17.4 Å². The van der Waals surface area contributed by atoms with E-state index >= 15 is 0 Å². The molecule has 1 unspecified atom stereocenters. The van der Waals surface area contributed by atoms with E-state index in [-0.39, 0.29) is 11.7 Å². The standard InChI is InChI=1S/C12H12FNO2/c13-8-3-1-4-9(7-8)14-12(16)10-5-2-6-11(10)15/h1,3-4,7,10H,2,5-6H2,(H,14,16). The second kappa shape index (κ2) is 4.43. The van der Waals surface area contributed by atoms with E-state index in [2.05, 4.69) is 5.32 Å². The van der Waals surface area contributed by atoms with E-state index in [0.717, 1.165) is 6.42 Å². The molecule has 0 radical (unpaired) electrons. The van der Waals surface area contributed by atoms with Crippen LogP contribution in [-0.4, -0.2) is 11.7 Å². The third-order valence-electron chi connectivity index (χ3n) is 2.71. The lowest BCUT2D eigenvalue weighted by molar-refractivity contribution is -0.129. The van der Waals surface area contributed by atoms with Crippen LogP contribution in [0.1, 0.15) is 19.3 Å². The molecule has 0 spiro atoms. The number of halogens is 1. The van der Waals surface area contributed by atoms with E-state index in [1.807, 2.05) is 0 Å². The van der Waals surface area contributed by atoms with Crippen LogP contribution in [0.2, 0.25) is 0 Å². The number of benzene rings is 1. The summed E-state index contributed by atoms with van der Waals surface area (Å²) in [4.78, 5) is 23.0. The van der Waals surface area contributed by atoms with Gasteiger partial charge in [0.05, 0.1) is 5.92 Å². The van der Waals surface area contributed by atoms with Crippen LogP contribution in [0.3, 0.4) is 0 Å². The highest BCUT2D eigenvalue weighted by molar-refractivity contribution is 6.08. The third-order valence-corrected chi connectivity index (χ3v) is 2.71. The minimum atomic E-state index is -0.553. The van der Waals surface area contributed by atoms with E-state index in [1.165, 1.54) is 18.2 Å². The van der Waals surface area contributed by atoms with Crippen LogP contribution in [0.5, 0.6) is 0 Å². The Bertz CT molecular complexity index is 431. The van der Waals surface area contributed by atoms with Crippen molar-refractivity contribution in [2.45, 2.75) is 19.3 Å². The Morgan fingerprint density at radius 3 is 2.88 bits per heavy atom. The number of rotatable bonds is 2. The molecule has 0 bridgehead atoms. The van der Waals surface area contributed by atoms with Crippen molar-refractivity contribution in [3.8, 4) is 0 Å². The number of hydrogen-bond donors (Lipinski definition) is 1. The van der Waals surface area contributed by atoms with E-state index in [0.29, 0.717) is 18.5 Å². The average molecular weight is 221 g/mol. The van der Waals surface area contributed by atoms with Gasteiger partial charge in [-0.05, 0) is 31.0 Å². The topological polar surface area (TPSA) is 46.2 Å². The summed E-state index contributed by atoms with van der Waals surface area (Å²) in [5.74, 6) is -1.30. The number of amides is 1. The van der Waals surface area contributed by atoms with E-state index < -0.39 is 11.7 Å². The van der Waals surface area contributed by atoms with Gasteiger partial charge < -0.3 is 5.32 Å². The van der Waals surface area contributed by atoms with Gasteiger partial charge in [-0.15, -0.1) is 0 Å². The molecule has 1 N–H and O–H groups in total. The highest BCUT2D eigenvalue weighted by Gasteiger charge is 2.30. The Labute approximate surface area is 92.7 Å². The molecule has 1 aliphatic rings. The van der Waals surface area contributed by atoms with Crippen LogP contribution in [0.4, 0.5) is 10.1 Å². The lowest BCUT2D eigenvalue weighted by atomic mass is 10.1. The Kier molecular flexibility index (Phi) is 2.99. The minimum Gasteiger partial charge on any atom is -0.325 e. The van der Waals surface area contributed by atoms with Gasteiger partial charge in [0, 0.05) is 12.1 Å². The molecule has 3 nitrogen and oxygen atoms in total. The summed E-state index contributed by atoms with van der Waals surface area (Å²) in [5.41, 5.74) is 0.393. The maximum atomic E-state index is 12.9. The van der Waals surface area contributed by atoms with Gasteiger partial charge in [0.2, 0.25) is 5.91 Å². The molecule has 1 amide bonds. The van der Waals surface area contributed by atoms with Crippen LogP contribution < -0.4 is 5.32 Å². The Morgan fingerprint density at radius 1 is 1.44 bits per heavy atom. The van der Waals surface area contributed by atoms with Gasteiger partial charge in [0.25, 0.3) is 0 Å². The molecular weight excluding hydrogens is 209 g/mol. The van der Waals surface area contributed by atoms with Crippen LogP contribution in [0.15, 0.2) is 24.3 Å². The molecule has 1 atom stereocenters. The van der Waals surface area contributed by atoms with Crippen LogP contribution in [-0.2, 0) is 9.59 Å². The molecule has 1 aliphatic carbocycles. The maximum Gasteiger partial charge on any atom is 0.234 e. The summed E-state index contributed by atoms with van der Waals surface area (Å²) < 4.78 is 12.9. The molecular formula is C12H12FNO2. The van der Waals surface area contributed by atoms with E-state index in [4.69, 9.17) is 0 Å². The average Bonchev–Trinajstić information content (AvgIpc) is 2.64. The highest BCUT2D eigenvalue weighted by atomic mass is 19.1. The van der Waals surface area contributed by atoms with Crippen molar-refractivity contribution in [3.05, 3.63) is 30.1 Å². The van der Waals surface area contributed by atoms with Gasteiger partial charge in [-0.1, -0.05) is 6.07 Å². The number of carbonyl (C=O) groups excluding carboxylic acids is 2. The summed E-state index contributed by atoms with van der Waals surface area (Å²) in [6.45, 7) is 0.